The molecule has 0 radical (unpaired) electrons. The molecule has 6 aromatic carbocycles. The standard InChI is InChI=1S/C65H75N3O/c1-40-30-42(38-61(3,4)5)26-28-49(40)51-37-55(66-39-41(51)2)45-31-44(32-47(33-45)63(9,10)11)50-24-21-25-57-58(50)67-60(53-35-48(64(12,13)14)36-54(59(53)69)65(15,16)17)68(57)56-29-27-46(62(6,7)8)34-52(56)43-22-19-18-20-23-43/h18-37,39,69H,38H2,1-17H3/i1D3,2D3,28D,35D,36D,38D2. The van der Waals surface area contributed by atoms with Gasteiger partial charge in [0.2, 0.25) is 0 Å². The van der Waals surface area contributed by atoms with Gasteiger partial charge in [-0.3, -0.25) is 9.55 Å². The summed E-state index contributed by atoms with van der Waals surface area (Å²) in [5.41, 5.74) is 5.34. The molecule has 0 aliphatic rings. The van der Waals surface area contributed by atoms with Gasteiger partial charge in [-0.2, -0.15) is 0 Å². The van der Waals surface area contributed by atoms with E-state index < -0.39 is 41.7 Å². The highest BCUT2D eigenvalue weighted by molar-refractivity contribution is 5.98. The van der Waals surface area contributed by atoms with Crippen LogP contribution >= 0.6 is 0 Å². The van der Waals surface area contributed by atoms with E-state index >= 15 is 0 Å². The van der Waals surface area contributed by atoms with Crippen molar-refractivity contribution in [2.75, 3.05) is 0 Å². The second-order valence-electron chi connectivity index (χ2n) is 23.7. The summed E-state index contributed by atoms with van der Waals surface area (Å²) in [6, 6.07) is 32.2. The number of aromatic nitrogens is 3. The van der Waals surface area contributed by atoms with Crippen molar-refractivity contribution in [2.24, 2.45) is 5.41 Å². The molecule has 4 heteroatoms. The highest BCUT2D eigenvalue weighted by Gasteiger charge is 2.30. The van der Waals surface area contributed by atoms with Crippen molar-refractivity contribution in [3.05, 3.63) is 166 Å². The molecular weight excluding hydrogens is 839 g/mol. The van der Waals surface area contributed by atoms with Gasteiger partial charge in [0.05, 0.1) is 32.1 Å². The molecule has 1 N–H and O–H groups in total. The number of rotatable bonds is 7. The minimum atomic E-state index is -2.87. The fourth-order valence-corrected chi connectivity index (χ4v) is 8.80. The number of aryl methyl sites for hydroxylation is 2. The Morgan fingerprint density at radius 3 is 1.88 bits per heavy atom. The van der Waals surface area contributed by atoms with Crippen LogP contribution in [-0.2, 0) is 28.0 Å². The minimum Gasteiger partial charge on any atom is -0.507 e. The van der Waals surface area contributed by atoms with Gasteiger partial charge in [-0.05, 0) is 145 Å². The van der Waals surface area contributed by atoms with E-state index in [0.29, 0.717) is 50.4 Å². The number of para-hydroxylation sites is 1. The van der Waals surface area contributed by atoms with E-state index in [4.69, 9.17) is 20.9 Å². The predicted octanol–water partition coefficient (Wildman–Crippen LogP) is 17.9. The number of hydrogen-bond donors (Lipinski definition) is 1. The van der Waals surface area contributed by atoms with Gasteiger partial charge in [0.25, 0.3) is 0 Å². The first-order valence-corrected chi connectivity index (χ1v) is 24.0. The SMILES string of the molecule is [2H]c1cc(C([2H])([2H])C(C)(C)C)cc(C([2H])([2H])[2H])c1-c1cc(-c2cc(-c3cccc4c3nc(-c3c([2H])c(C(C)(C)C)c([2H])c(C(C)(C)C)c3O)n4-c3ccc(C(C)(C)C)cc3-c3ccccc3)cc(C(C)(C)C)c2)ncc1C([2H])([2H])[2H]. The van der Waals surface area contributed by atoms with Crippen LogP contribution in [0.3, 0.4) is 0 Å². The van der Waals surface area contributed by atoms with Gasteiger partial charge in [-0.25, -0.2) is 4.98 Å². The summed E-state index contributed by atoms with van der Waals surface area (Å²) in [7, 11) is 0. The number of phenols is 1. The minimum absolute atomic E-state index is 0.00174. The number of benzene rings is 6. The Bertz CT molecular complexity index is 3680. The van der Waals surface area contributed by atoms with E-state index in [9.17, 15) is 9.22 Å². The lowest BCUT2D eigenvalue weighted by Crippen LogP contribution is -2.17. The highest BCUT2D eigenvalue weighted by Crippen LogP contribution is 2.46. The summed E-state index contributed by atoms with van der Waals surface area (Å²) in [6.07, 6.45) is -0.829. The molecule has 4 nitrogen and oxygen atoms in total. The first-order chi connectivity index (χ1) is 36.5. The van der Waals surface area contributed by atoms with E-state index in [-0.39, 0.29) is 62.7 Å². The summed E-state index contributed by atoms with van der Waals surface area (Å²) >= 11 is 0. The number of fused-ring (bicyclic) bond motifs is 1. The number of aromatic hydroxyl groups is 1. The molecule has 0 fully saturated rings. The maximum Gasteiger partial charge on any atom is 0.149 e. The molecule has 0 bridgehead atoms. The second-order valence-corrected chi connectivity index (χ2v) is 23.7. The molecule has 356 valence electrons. The maximum absolute atomic E-state index is 12.8. The van der Waals surface area contributed by atoms with Crippen molar-refractivity contribution in [3.8, 4) is 67.5 Å². The summed E-state index contributed by atoms with van der Waals surface area (Å²) in [6.45, 7) is 24.0. The molecular formula is C65H75N3O. The Hall–Kier alpha value is -6.26. The average Bonchev–Trinajstić information content (AvgIpc) is 3.73. The van der Waals surface area contributed by atoms with Crippen LogP contribution in [0.4, 0.5) is 0 Å². The lowest BCUT2D eigenvalue weighted by molar-refractivity contribution is 0.411. The molecule has 0 aliphatic heterocycles. The topological polar surface area (TPSA) is 50.9 Å². The second kappa shape index (κ2) is 17.6. The van der Waals surface area contributed by atoms with Crippen LogP contribution in [0.1, 0.15) is 158 Å². The molecule has 8 aromatic rings. The Morgan fingerprint density at radius 2 is 1.25 bits per heavy atom. The van der Waals surface area contributed by atoms with E-state index in [1.54, 1.807) is 20.8 Å². The Kier molecular flexibility index (Phi) is 9.36. The molecule has 2 heterocycles. The van der Waals surface area contributed by atoms with Crippen LogP contribution in [-0.4, -0.2) is 19.6 Å². The lowest BCUT2D eigenvalue weighted by atomic mass is 9.79. The van der Waals surface area contributed by atoms with Gasteiger partial charge in [0.1, 0.15) is 11.6 Å². The molecule has 0 saturated carbocycles. The number of imidazole rings is 1. The van der Waals surface area contributed by atoms with Gasteiger partial charge < -0.3 is 5.11 Å². The molecule has 0 amide bonds. The maximum atomic E-state index is 12.8. The summed E-state index contributed by atoms with van der Waals surface area (Å²) < 4.78 is 101. The van der Waals surface area contributed by atoms with Crippen LogP contribution < -0.4 is 0 Å². The van der Waals surface area contributed by atoms with Gasteiger partial charge in [-0.15, -0.1) is 0 Å². The monoisotopic (exact) mass is 925 g/mol. The van der Waals surface area contributed by atoms with Crippen LogP contribution in [0.2, 0.25) is 0 Å². The molecule has 0 saturated heterocycles. The number of pyridine rings is 1. The number of phenolic OH excluding ortho intramolecular Hbond substituents is 1. The normalized spacial score (nSPS) is 15.7. The molecule has 0 atom stereocenters. The van der Waals surface area contributed by atoms with Crippen LogP contribution in [0.25, 0.3) is 72.7 Å². The predicted molar refractivity (Wildman–Crippen MR) is 295 cm³/mol. The van der Waals surface area contributed by atoms with E-state index in [1.165, 1.54) is 24.4 Å². The van der Waals surface area contributed by atoms with Crippen molar-refractivity contribution in [3.63, 3.8) is 0 Å². The van der Waals surface area contributed by atoms with E-state index in [0.717, 1.165) is 27.9 Å². The van der Waals surface area contributed by atoms with Crippen LogP contribution in [0.5, 0.6) is 5.75 Å². The first-order valence-electron chi connectivity index (χ1n) is 29.5. The molecule has 8 rings (SSSR count). The fraction of sp³-hybridized carbons (Fsp3) is 0.354. The quantitative estimate of drug-likeness (QED) is 0.173. The van der Waals surface area contributed by atoms with Crippen molar-refractivity contribution in [1.82, 2.24) is 14.5 Å². The molecule has 0 aliphatic carbocycles. The van der Waals surface area contributed by atoms with Crippen LogP contribution in [0, 0.1) is 19.1 Å². The van der Waals surface area contributed by atoms with Gasteiger partial charge >= 0.3 is 0 Å². The smallest absolute Gasteiger partial charge is 0.149 e. The summed E-state index contributed by atoms with van der Waals surface area (Å²) in [5, 5.41) is 12.8. The number of hydrogen-bond acceptors (Lipinski definition) is 3. The Balaban J connectivity index is 1.49. The van der Waals surface area contributed by atoms with Gasteiger partial charge in [0, 0.05) is 39.4 Å². The third kappa shape index (κ3) is 10.1. The summed E-state index contributed by atoms with van der Waals surface area (Å²) in [5.74, 6) is 0.119. The zero-order valence-electron chi connectivity index (χ0n) is 54.2. The fourth-order valence-electron chi connectivity index (χ4n) is 8.80. The van der Waals surface area contributed by atoms with Crippen molar-refractivity contribution in [2.45, 2.75) is 146 Å². The Labute approximate surface area is 429 Å². The zero-order chi connectivity index (χ0) is 59.6. The van der Waals surface area contributed by atoms with E-state index in [1.807, 2.05) is 94.6 Å². The largest absolute Gasteiger partial charge is 0.507 e. The van der Waals surface area contributed by atoms with Gasteiger partial charge in [0.15, 0.2) is 0 Å². The van der Waals surface area contributed by atoms with Crippen molar-refractivity contribution >= 4 is 11.0 Å². The third-order valence-corrected chi connectivity index (χ3v) is 12.6. The lowest BCUT2D eigenvalue weighted by Gasteiger charge is -2.28. The molecule has 0 unspecified atom stereocenters. The number of nitrogens with zero attached hydrogens (tertiary/aromatic N) is 3. The molecule has 2 aromatic heterocycles. The van der Waals surface area contributed by atoms with Gasteiger partial charge in [-0.1, -0.05) is 183 Å². The molecule has 69 heavy (non-hydrogen) atoms. The van der Waals surface area contributed by atoms with Crippen molar-refractivity contribution < 1.29 is 20.2 Å². The summed E-state index contributed by atoms with van der Waals surface area (Å²) in [4.78, 5) is 10.3. The van der Waals surface area contributed by atoms with E-state index in [2.05, 4.69) is 77.9 Å². The highest BCUT2D eigenvalue weighted by atomic mass is 16.3. The first kappa shape index (κ1) is 36.7. The average molecular weight is 925 g/mol. The Morgan fingerprint density at radius 1 is 0.565 bits per heavy atom. The third-order valence-electron chi connectivity index (χ3n) is 12.6. The zero-order valence-corrected chi connectivity index (χ0v) is 43.2. The van der Waals surface area contributed by atoms with Crippen LogP contribution in [0.15, 0.2) is 127 Å². The molecule has 0 spiro atoms. The van der Waals surface area contributed by atoms with Crippen molar-refractivity contribution in [1.29, 1.82) is 0 Å².